The molecule has 5 fully saturated rings. The first kappa shape index (κ1) is 29.7. The van der Waals surface area contributed by atoms with Gasteiger partial charge < -0.3 is 29.2 Å². The van der Waals surface area contributed by atoms with Gasteiger partial charge in [-0.1, -0.05) is 26.0 Å². The van der Waals surface area contributed by atoms with Crippen LogP contribution in [0, 0.1) is 30.6 Å². The Balaban J connectivity index is 0.00000172. The lowest BCUT2D eigenvalue weighted by atomic mass is 9.58. The first-order chi connectivity index (χ1) is 18.6. The van der Waals surface area contributed by atoms with Crippen LogP contribution in [0.25, 0.3) is 0 Å². The molecular formula is C29H42O10. The van der Waals surface area contributed by atoms with Crippen LogP contribution in [0.5, 0.6) is 5.75 Å². The molecule has 10 heteroatoms. The largest absolute Gasteiger partial charge is 0.508 e. The summed E-state index contributed by atoms with van der Waals surface area (Å²) < 4.78 is 23.5. The summed E-state index contributed by atoms with van der Waals surface area (Å²) in [6.45, 7) is 8.10. The maximum absolute atomic E-state index is 12.7. The number of hydrogen-bond acceptors (Lipinski definition) is 10. The third-order valence-corrected chi connectivity index (χ3v) is 8.81. The molecule has 2 N–H and O–H groups in total. The zero-order valence-electron chi connectivity index (χ0n) is 23.5. The number of benzene rings is 1. The van der Waals surface area contributed by atoms with Crippen molar-refractivity contribution in [3.8, 4) is 5.75 Å². The minimum Gasteiger partial charge on any atom is -0.508 e. The number of hydrogen-bond donors (Lipinski definition) is 2. The minimum absolute atomic E-state index is 0.0547. The second kappa shape index (κ2) is 12.1. The lowest BCUT2D eigenvalue weighted by Gasteiger charge is -2.59. The molecule has 0 aromatic heterocycles. The molecule has 1 unspecified atom stereocenters. The summed E-state index contributed by atoms with van der Waals surface area (Å²) in [6.07, 6.45) is 2.42. The Kier molecular flexibility index (Phi) is 9.22. The molecule has 6 rings (SSSR count). The lowest BCUT2D eigenvalue weighted by molar-refractivity contribution is -0.576. The molecule has 1 aliphatic carbocycles. The summed E-state index contributed by atoms with van der Waals surface area (Å²) in [5.74, 6) is -1.06. The highest BCUT2D eigenvalue weighted by Crippen LogP contribution is 2.60. The van der Waals surface area contributed by atoms with Gasteiger partial charge in [0, 0.05) is 31.8 Å². The maximum atomic E-state index is 12.7. The first-order valence-electron chi connectivity index (χ1n) is 13.9. The Morgan fingerprint density at radius 2 is 1.79 bits per heavy atom. The second-order valence-corrected chi connectivity index (χ2v) is 11.4. The molecule has 4 saturated heterocycles. The Bertz CT molecular complexity index is 1030. The predicted octanol–water partition coefficient (Wildman–Crippen LogP) is 3.93. The average molecular weight is 551 g/mol. The van der Waals surface area contributed by atoms with Crippen molar-refractivity contribution in [2.24, 2.45) is 23.7 Å². The van der Waals surface area contributed by atoms with Gasteiger partial charge in [0.15, 0.2) is 11.9 Å². The van der Waals surface area contributed by atoms with Crippen molar-refractivity contribution in [3.63, 3.8) is 0 Å². The molecule has 0 amide bonds. The number of phenolic OH excluding ortho intramolecular Hbond substituents is 1. The summed E-state index contributed by atoms with van der Waals surface area (Å²) in [7, 11) is 1.00. The van der Waals surface area contributed by atoms with Gasteiger partial charge >= 0.3 is 11.9 Å². The Labute approximate surface area is 229 Å². The number of phenols is 1. The van der Waals surface area contributed by atoms with Gasteiger partial charge in [0.2, 0.25) is 12.1 Å². The Hall–Kier alpha value is -2.24. The van der Waals surface area contributed by atoms with Crippen LogP contribution in [0.15, 0.2) is 18.2 Å². The fourth-order valence-corrected chi connectivity index (χ4v) is 6.56. The fourth-order valence-electron chi connectivity index (χ4n) is 6.56. The van der Waals surface area contributed by atoms with Crippen molar-refractivity contribution in [3.05, 3.63) is 29.3 Å². The van der Waals surface area contributed by atoms with E-state index >= 15 is 0 Å². The number of aliphatic hydroxyl groups excluding tert-OH is 1. The number of carbonyl (C=O) groups is 2. The van der Waals surface area contributed by atoms with Gasteiger partial charge in [0.1, 0.15) is 5.75 Å². The van der Waals surface area contributed by atoms with Crippen LogP contribution in [-0.4, -0.2) is 59.8 Å². The van der Waals surface area contributed by atoms with E-state index in [-0.39, 0.29) is 43.0 Å². The summed E-state index contributed by atoms with van der Waals surface area (Å²) in [6, 6.07) is 5.36. The number of aliphatic hydroxyl groups is 1. The molecule has 1 aromatic rings. The van der Waals surface area contributed by atoms with Crippen LogP contribution in [-0.2, 0) is 44.7 Å². The lowest BCUT2D eigenvalue weighted by Crippen LogP contribution is -2.70. The summed E-state index contributed by atoms with van der Waals surface area (Å²) >= 11 is 0. The molecule has 5 aliphatic rings. The van der Waals surface area contributed by atoms with E-state index < -0.39 is 35.9 Å². The standard InChI is InChI=1S/C28H38O9.CH4O/c1-16-6-8-21-18(3)25(34-26-28(21)20(16)11-13-27(4,35-26)36-37-28)33-24(31)10-9-23(30)32-14-12-19-7-5-17(2)22(29)15-19;1-2/h5,7,15-16,18,20-21,25-26,29H,6,8-14H2,1-4H3;2H,1H3/t16-,18-,20+,21+,25-,26-,27+,28?;/m1./s1. The van der Waals surface area contributed by atoms with E-state index in [0.29, 0.717) is 18.8 Å². The number of carbonyl (C=O) groups excluding carboxylic acids is 2. The third-order valence-electron chi connectivity index (χ3n) is 8.81. The molecule has 4 heterocycles. The van der Waals surface area contributed by atoms with Crippen LogP contribution in [0.4, 0.5) is 0 Å². The molecule has 1 saturated carbocycles. The number of aromatic hydroxyl groups is 1. The molecule has 1 spiro atoms. The topological polar surface area (TPSA) is 130 Å². The SMILES string of the molecule is CO.Cc1ccc(CCOC(=O)CCC(=O)O[C@@H]2O[C@@H]3O[C@]4(C)CC[C@H]5[C@H](C)CC[C@@H]([C@H]2C)C35OO4)cc1O. The third kappa shape index (κ3) is 5.95. The number of ether oxygens (including phenoxy) is 4. The first-order valence-corrected chi connectivity index (χ1v) is 13.9. The highest BCUT2D eigenvalue weighted by molar-refractivity contribution is 5.77. The van der Waals surface area contributed by atoms with E-state index in [2.05, 4.69) is 6.92 Å². The molecule has 10 nitrogen and oxygen atoms in total. The molecule has 4 aliphatic heterocycles. The van der Waals surface area contributed by atoms with E-state index in [9.17, 15) is 14.7 Å². The van der Waals surface area contributed by atoms with Gasteiger partial charge in [0.05, 0.1) is 19.4 Å². The maximum Gasteiger partial charge on any atom is 0.308 e. The predicted molar refractivity (Wildman–Crippen MR) is 138 cm³/mol. The smallest absolute Gasteiger partial charge is 0.308 e. The Morgan fingerprint density at radius 1 is 1.05 bits per heavy atom. The van der Waals surface area contributed by atoms with Crippen LogP contribution >= 0.6 is 0 Å². The van der Waals surface area contributed by atoms with Gasteiger partial charge in [-0.3, -0.25) is 9.59 Å². The van der Waals surface area contributed by atoms with Gasteiger partial charge in [-0.2, -0.15) is 0 Å². The van der Waals surface area contributed by atoms with E-state index in [4.69, 9.17) is 33.8 Å². The molecule has 0 radical (unpaired) electrons. The van der Waals surface area contributed by atoms with Crippen molar-refractivity contribution in [1.82, 2.24) is 0 Å². The van der Waals surface area contributed by atoms with Crippen molar-refractivity contribution < 1.29 is 48.5 Å². The van der Waals surface area contributed by atoms with Crippen LogP contribution in [0.1, 0.15) is 70.4 Å². The van der Waals surface area contributed by atoms with Crippen LogP contribution in [0.3, 0.4) is 0 Å². The Morgan fingerprint density at radius 3 is 2.54 bits per heavy atom. The van der Waals surface area contributed by atoms with Crippen LogP contribution in [0.2, 0.25) is 0 Å². The molecule has 8 atom stereocenters. The molecule has 2 bridgehead atoms. The average Bonchev–Trinajstić information content (AvgIpc) is 3.15. The number of rotatable bonds is 7. The van der Waals surface area contributed by atoms with Gasteiger partial charge in [-0.05, 0) is 62.1 Å². The minimum atomic E-state index is -0.895. The van der Waals surface area contributed by atoms with Crippen molar-refractivity contribution in [2.45, 2.75) is 96.6 Å². The molecule has 1 aromatic carbocycles. The van der Waals surface area contributed by atoms with Crippen molar-refractivity contribution >= 4 is 11.9 Å². The number of fused-ring (bicyclic) bond motifs is 2. The monoisotopic (exact) mass is 550 g/mol. The fraction of sp³-hybridized carbons (Fsp3) is 0.724. The molecule has 39 heavy (non-hydrogen) atoms. The normalized spacial score (nSPS) is 36.6. The summed E-state index contributed by atoms with van der Waals surface area (Å²) in [4.78, 5) is 36.8. The molecular weight excluding hydrogens is 508 g/mol. The zero-order chi connectivity index (χ0) is 28.4. The quantitative estimate of drug-likeness (QED) is 0.380. The van der Waals surface area contributed by atoms with E-state index in [1.165, 1.54) is 0 Å². The number of aryl methyl sites for hydroxylation is 1. The van der Waals surface area contributed by atoms with Crippen molar-refractivity contribution in [1.29, 1.82) is 0 Å². The zero-order valence-corrected chi connectivity index (χ0v) is 23.5. The summed E-state index contributed by atoms with van der Waals surface area (Å²) in [5, 5.41) is 16.8. The van der Waals surface area contributed by atoms with Gasteiger partial charge in [-0.25, -0.2) is 9.78 Å². The van der Waals surface area contributed by atoms with Gasteiger partial charge in [0.25, 0.3) is 0 Å². The van der Waals surface area contributed by atoms with Gasteiger partial charge in [-0.15, -0.1) is 0 Å². The highest BCUT2D eigenvalue weighted by Gasteiger charge is 2.69. The van der Waals surface area contributed by atoms with E-state index in [0.717, 1.165) is 37.5 Å². The summed E-state index contributed by atoms with van der Waals surface area (Å²) in [5.41, 5.74) is 0.943. The highest BCUT2D eigenvalue weighted by atomic mass is 17.3. The number of esters is 2. The molecule has 218 valence electrons. The van der Waals surface area contributed by atoms with Crippen molar-refractivity contribution in [2.75, 3.05) is 13.7 Å². The van der Waals surface area contributed by atoms with E-state index in [1.807, 2.05) is 32.9 Å². The second-order valence-electron chi connectivity index (χ2n) is 11.4. The van der Waals surface area contributed by atoms with Crippen LogP contribution < -0.4 is 0 Å². The van der Waals surface area contributed by atoms with E-state index in [1.54, 1.807) is 6.07 Å².